The van der Waals surface area contributed by atoms with Crippen LogP contribution in [-0.4, -0.2) is 31.3 Å². The Morgan fingerprint density at radius 2 is 1.50 bits per heavy atom. The molecule has 0 heterocycles. The van der Waals surface area contributed by atoms with E-state index in [9.17, 15) is 4.79 Å². The van der Waals surface area contributed by atoms with Gasteiger partial charge in [-0.25, -0.2) is 0 Å². The van der Waals surface area contributed by atoms with Crippen molar-refractivity contribution in [2.75, 3.05) is 20.6 Å². The Kier molecular flexibility index (Phi) is 4.08. The first-order valence-electron chi connectivity index (χ1n) is 7.25. The van der Waals surface area contributed by atoms with Crippen LogP contribution < -0.4 is 12.4 Å². The number of nitrogens with zero attached hydrogens (tertiary/aromatic N) is 1. The van der Waals surface area contributed by atoms with Crippen molar-refractivity contribution >= 4 is 5.78 Å². The molecular formula is C15H25ClNO-. The minimum atomic E-state index is 0. The number of Topliss-reactive ketones (excluding diaryl/α,β-unsaturated/α-hetero) is 1. The number of ketones is 1. The van der Waals surface area contributed by atoms with Crippen LogP contribution in [0.25, 0.3) is 0 Å². The van der Waals surface area contributed by atoms with Gasteiger partial charge in [0.15, 0.2) is 0 Å². The Labute approximate surface area is 117 Å². The lowest BCUT2D eigenvalue weighted by Gasteiger charge is -2.56. The molecule has 0 unspecified atom stereocenters. The fourth-order valence-electron chi connectivity index (χ4n) is 5.04. The molecule has 4 bridgehead atoms. The molecule has 104 valence electrons. The van der Waals surface area contributed by atoms with Gasteiger partial charge in [-0.2, -0.15) is 0 Å². The lowest BCUT2D eigenvalue weighted by atomic mass is 9.48. The van der Waals surface area contributed by atoms with E-state index >= 15 is 0 Å². The fraction of sp³-hybridized carbons (Fsp3) is 0.933. The molecule has 0 amide bonds. The molecule has 4 fully saturated rings. The molecule has 2 nitrogen and oxygen atoms in total. The average Bonchev–Trinajstić information content (AvgIpc) is 2.23. The van der Waals surface area contributed by atoms with E-state index in [0.717, 1.165) is 30.7 Å². The van der Waals surface area contributed by atoms with E-state index in [1.165, 1.54) is 38.5 Å². The Bertz CT molecular complexity index is 291. The number of hydrogen-bond acceptors (Lipinski definition) is 2. The van der Waals surface area contributed by atoms with Crippen molar-refractivity contribution in [1.82, 2.24) is 4.90 Å². The topological polar surface area (TPSA) is 20.3 Å². The van der Waals surface area contributed by atoms with Crippen molar-refractivity contribution in [1.29, 1.82) is 0 Å². The molecule has 0 N–H and O–H groups in total. The van der Waals surface area contributed by atoms with E-state index in [2.05, 4.69) is 19.0 Å². The maximum atomic E-state index is 12.6. The summed E-state index contributed by atoms with van der Waals surface area (Å²) in [6.45, 7) is 0.931. The van der Waals surface area contributed by atoms with Crippen LogP contribution in [0.3, 0.4) is 0 Å². The first kappa shape index (κ1) is 14.3. The molecule has 0 aliphatic heterocycles. The van der Waals surface area contributed by atoms with Crippen LogP contribution in [-0.2, 0) is 4.79 Å². The van der Waals surface area contributed by atoms with Crippen LogP contribution in [0, 0.1) is 23.2 Å². The molecule has 0 radical (unpaired) electrons. The Balaban J connectivity index is 0.00000120. The zero-order valence-corrected chi connectivity index (χ0v) is 12.4. The molecule has 0 spiro atoms. The molecule has 0 aromatic carbocycles. The first-order chi connectivity index (χ1) is 8.07. The van der Waals surface area contributed by atoms with Gasteiger partial charge in [0, 0.05) is 18.4 Å². The third-order valence-electron chi connectivity index (χ3n) is 5.42. The molecule has 18 heavy (non-hydrogen) atoms. The monoisotopic (exact) mass is 270 g/mol. The molecule has 4 aliphatic carbocycles. The summed E-state index contributed by atoms with van der Waals surface area (Å²) >= 11 is 0. The molecule has 3 heteroatoms. The third kappa shape index (κ3) is 2.46. The van der Waals surface area contributed by atoms with Crippen molar-refractivity contribution in [3.63, 3.8) is 0 Å². The molecule has 0 aromatic rings. The highest BCUT2D eigenvalue weighted by Gasteiger charge is 2.53. The molecule has 4 saturated carbocycles. The number of hydrogen-bond donors (Lipinski definition) is 0. The van der Waals surface area contributed by atoms with Crippen LogP contribution in [0.5, 0.6) is 0 Å². The van der Waals surface area contributed by atoms with Crippen LogP contribution >= 0.6 is 0 Å². The normalized spacial score (nSPS) is 40.9. The summed E-state index contributed by atoms with van der Waals surface area (Å²) in [6, 6.07) is 0. The van der Waals surface area contributed by atoms with Crippen LogP contribution in [0.2, 0.25) is 0 Å². The predicted molar refractivity (Wildman–Crippen MR) is 68.8 cm³/mol. The largest absolute Gasteiger partial charge is 1.00 e. The minimum Gasteiger partial charge on any atom is -1.00 e. The molecule has 4 aliphatic rings. The smallest absolute Gasteiger partial charge is 0.140 e. The van der Waals surface area contributed by atoms with Gasteiger partial charge in [0.05, 0.1) is 0 Å². The second-order valence-corrected chi connectivity index (χ2v) is 7.17. The lowest BCUT2D eigenvalue weighted by molar-refractivity contribution is -0.144. The summed E-state index contributed by atoms with van der Waals surface area (Å²) in [5, 5.41) is 0. The van der Waals surface area contributed by atoms with Gasteiger partial charge in [0.2, 0.25) is 0 Å². The van der Waals surface area contributed by atoms with Crippen molar-refractivity contribution in [3.8, 4) is 0 Å². The zero-order chi connectivity index (χ0) is 12.0. The van der Waals surface area contributed by atoms with Gasteiger partial charge < -0.3 is 17.3 Å². The fourth-order valence-corrected chi connectivity index (χ4v) is 5.04. The van der Waals surface area contributed by atoms with E-state index in [4.69, 9.17) is 0 Å². The average molecular weight is 271 g/mol. The maximum Gasteiger partial charge on any atom is 0.140 e. The summed E-state index contributed by atoms with van der Waals surface area (Å²) < 4.78 is 0. The summed E-state index contributed by atoms with van der Waals surface area (Å²) in [5.41, 5.74) is 0.130. The Hall–Kier alpha value is -0.0800. The SMILES string of the molecule is CN(C)CCC(=O)C12CC3CC(CC(C3)C1)C2.[Cl-]. The van der Waals surface area contributed by atoms with Gasteiger partial charge in [-0.1, -0.05) is 0 Å². The predicted octanol–water partition coefficient (Wildman–Crippen LogP) is -0.272. The van der Waals surface area contributed by atoms with Gasteiger partial charge in [-0.05, 0) is 70.4 Å². The summed E-state index contributed by atoms with van der Waals surface area (Å²) in [6.07, 6.45) is 8.75. The van der Waals surface area contributed by atoms with E-state index in [1.54, 1.807) is 0 Å². The Morgan fingerprint density at radius 3 is 1.89 bits per heavy atom. The Morgan fingerprint density at radius 1 is 1.06 bits per heavy atom. The molecule has 4 rings (SSSR count). The highest BCUT2D eigenvalue weighted by atomic mass is 35.5. The lowest BCUT2D eigenvalue weighted by Crippen LogP contribution is -3.00. The highest BCUT2D eigenvalue weighted by molar-refractivity contribution is 5.85. The first-order valence-corrected chi connectivity index (χ1v) is 7.25. The number of carbonyl (C=O) groups excluding carboxylic acids is 1. The van der Waals surface area contributed by atoms with E-state index in [0.29, 0.717) is 5.78 Å². The standard InChI is InChI=1S/C15H25NO.ClH/c1-16(2)4-3-14(17)15-8-11-5-12(9-15)7-13(6-11)10-15;/h11-13H,3-10H2,1-2H3;1H/p-1. The summed E-state index contributed by atoms with van der Waals surface area (Å²) in [7, 11) is 4.12. The minimum absolute atomic E-state index is 0. The van der Waals surface area contributed by atoms with E-state index in [-0.39, 0.29) is 17.8 Å². The molecule has 0 aromatic heterocycles. The van der Waals surface area contributed by atoms with Gasteiger partial charge in [0.1, 0.15) is 5.78 Å². The van der Waals surface area contributed by atoms with Crippen molar-refractivity contribution in [2.45, 2.75) is 44.9 Å². The number of rotatable bonds is 4. The highest BCUT2D eigenvalue weighted by Crippen LogP contribution is 2.60. The second-order valence-electron chi connectivity index (χ2n) is 7.17. The molecular weight excluding hydrogens is 246 g/mol. The van der Waals surface area contributed by atoms with Gasteiger partial charge in [0.25, 0.3) is 0 Å². The quantitative estimate of drug-likeness (QED) is 0.701. The third-order valence-corrected chi connectivity index (χ3v) is 5.42. The van der Waals surface area contributed by atoms with Gasteiger partial charge in [-0.3, -0.25) is 4.79 Å². The summed E-state index contributed by atoms with van der Waals surface area (Å²) in [4.78, 5) is 14.7. The van der Waals surface area contributed by atoms with E-state index < -0.39 is 0 Å². The number of halogens is 1. The van der Waals surface area contributed by atoms with E-state index in [1.807, 2.05) is 0 Å². The zero-order valence-electron chi connectivity index (χ0n) is 11.6. The van der Waals surface area contributed by atoms with Crippen molar-refractivity contribution < 1.29 is 17.2 Å². The second kappa shape index (κ2) is 5.13. The van der Waals surface area contributed by atoms with Crippen molar-refractivity contribution in [3.05, 3.63) is 0 Å². The number of carbonyl (C=O) groups is 1. The van der Waals surface area contributed by atoms with Crippen LogP contribution in [0.15, 0.2) is 0 Å². The van der Waals surface area contributed by atoms with Crippen LogP contribution in [0.4, 0.5) is 0 Å². The maximum absolute atomic E-state index is 12.6. The van der Waals surface area contributed by atoms with Gasteiger partial charge in [-0.15, -0.1) is 0 Å². The van der Waals surface area contributed by atoms with Gasteiger partial charge >= 0.3 is 0 Å². The summed E-state index contributed by atoms with van der Waals surface area (Å²) in [5.74, 6) is 3.27. The molecule has 0 saturated heterocycles. The molecule has 0 atom stereocenters. The van der Waals surface area contributed by atoms with Crippen LogP contribution in [0.1, 0.15) is 44.9 Å². The van der Waals surface area contributed by atoms with Crippen molar-refractivity contribution in [2.24, 2.45) is 23.2 Å².